The summed E-state index contributed by atoms with van der Waals surface area (Å²) in [4.78, 5) is 0.477. The van der Waals surface area contributed by atoms with Crippen LogP contribution in [0.5, 0.6) is 0 Å². The number of nitrogens with two attached hydrogens (primary N) is 1. The Hall–Kier alpha value is 0.110. The van der Waals surface area contributed by atoms with Crippen molar-refractivity contribution in [3.05, 3.63) is 0 Å². The fourth-order valence-corrected chi connectivity index (χ4v) is 4.37. The van der Waals surface area contributed by atoms with Crippen LogP contribution < -0.4 is 10.5 Å². The number of rotatable bonds is 5. The molecular weight excluding hydrogens is 278 g/mol. The molecule has 0 saturated carbocycles. The fraction of sp³-hybridized carbons (Fsp3) is 0.889. The maximum Gasteiger partial charge on any atom is 0.279 e. The van der Waals surface area contributed by atoms with E-state index in [1.165, 1.54) is 4.31 Å². The predicted octanol–water partition coefficient (Wildman–Crippen LogP) is 0.324. The zero-order valence-corrected chi connectivity index (χ0v) is 12.6. The Bertz CT molecular complexity index is 375. The average Bonchev–Trinajstić information content (AvgIpc) is 2.28. The third kappa shape index (κ3) is 3.31. The molecule has 0 aliphatic carbocycles. The molecule has 100 valence electrons. The third-order valence-corrected chi connectivity index (χ3v) is 6.66. The van der Waals surface area contributed by atoms with Gasteiger partial charge >= 0.3 is 0 Å². The van der Waals surface area contributed by atoms with Crippen LogP contribution in [0.1, 0.15) is 19.8 Å². The number of hydrogen-bond donors (Lipinski definition) is 2. The van der Waals surface area contributed by atoms with Gasteiger partial charge in [0, 0.05) is 19.6 Å². The monoisotopic (exact) mass is 297 g/mol. The summed E-state index contributed by atoms with van der Waals surface area (Å²) in [5.74, 6) is 0. The number of hydrogen-bond acceptors (Lipinski definition) is 4. The normalized spacial score (nSPS) is 21.3. The van der Waals surface area contributed by atoms with Crippen LogP contribution >= 0.6 is 24.0 Å². The molecule has 0 aromatic heterocycles. The molecule has 0 unspecified atom stereocenters. The molecule has 8 heteroatoms. The Labute approximate surface area is 113 Å². The topological polar surface area (TPSA) is 75.4 Å². The molecule has 0 aromatic carbocycles. The van der Waals surface area contributed by atoms with Crippen LogP contribution in [0.4, 0.5) is 0 Å². The predicted molar refractivity (Wildman–Crippen MR) is 76.4 cm³/mol. The van der Waals surface area contributed by atoms with Crippen molar-refractivity contribution >= 4 is 39.2 Å². The summed E-state index contributed by atoms with van der Waals surface area (Å²) < 4.78 is 27.3. The highest BCUT2D eigenvalue weighted by Gasteiger charge is 2.39. The van der Waals surface area contributed by atoms with Gasteiger partial charge in [0.15, 0.2) is 0 Å². The Morgan fingerprint density at radius 3 is 2.41 bits per heavy atom. The summed E-state index contributed by atoms with van der Waals surface area (Å²) in [5.41, 5.74) is 5.75. The minimum Gasteiger partial charge on any atom is -0.392 e. The van der Waals surface area contributed by atoms with E-state index in [2.05, 4.69) is 4.72 Å². The minimum absolute atomic E-state index is 0.242. The first-order chi connectivity index (χ1) is 7.88. The van der Waals surface area contributed by atoms with Crippen LogP contribution in [-0.4, -0.2) is 48.3 Å². The van der Waals surface area contributed by atoms with Crippen LogP contribution in [0.25, 0.3) is 0 Å². The second-order valence-electron chi connectivity index (χ2n) is 3.96. The number of nitrogens with zero attached hydrogens (tertiary/aromatic N) is 1. The summed E-state index contributed by atoms with van der Waals surface area (Å²) in [5, 5.41) is 0. The van der Waals surface area contributed by atoms with E-state index < -0.39 is 10.2 Å². The molecule has 0 atom stereocenters. The highest BCUT2D eigenvalue weighted by atomic mass is 32.2. The highest BCUT2D eigenvalue weighted by molar-refractivity contribution is 8.02. The molecule has 0 aromatic rings. The quantitative estimate of drug-likeness (QED) is 0.715. The molecule has 1 saturated heterocycles. The Morgan fingerprint density at radius 2 is 2.06 bits per heavy atom. The Kier molecular flexibility index (Phi) is 5.21. The van der Waals surface area contributed by atoms with Gasteiger partial charge in [-0.25, -0.2) is 4.72 Å². The summed E-state index contributed by atoms with van der Waals surface area (Å²) in [6.07, 6.45) is 3.32. The van der Waals surface area contributed by atoms with Crippen molar-refractivity contribution in [3.63, 3.8) is 0 Å². The van der Waals surface area contributed by atoms with E-state index in [1.807, 2.05) is 6.26 Å². The number of piperidine rings is 1. The maximum atomic E-state index is 11.8. The van der Waals surface area contributed by atoms with Crippen molar-refractivity contribution in [2.75, 3.05) is 25.9 Å². The molecule has 5 nitrogen and oxygen atoms in total. The number of nitrogens with one attached hydrogen (secondary N) is 1. The molecule has 1 rings (SSSR count). The second kappa shape index (κ2) is 5.83. The smallest absolute Gasteiger partial charge is 0.279 e. The van der Waals surface area contributed by atoms with Crippen molar-refractivity contribution in [1.29, 1.82) is 0 Å². The lowest BCUT2D eigenvalue weighted by Gasteiger charge is -2.39. The first-order valence-corrected chi connectivity index (χ1v) is 8.55. The van der Waals surface area contributed by atoms with E-state index in [0.29, 0.717) is 37.5 Å². The maximum absolute atomic E-state index is 11.8. The zero-order chi connectivity index (χ0) is 13.1. The van der Waals surface area contributed by atoms with Gasteiger partial charge in [-0.1, -0.05) is 19.1 Å². The van der Waals surface area contributed by atoms with Gasteiger partial charge in [-0.2, -0.15) is 24.5 Å². The van der Waals surface area contributed by atoms with Gasteiger partial charge in [0.2, 0.25) is 0 Å². The molecular formula is C9H19N3O2S3. The van der Waals surface area contributed by atoms with Crippen molar-refractivity contribution in [3.8, 4) is 0 Å². The van der Waals surface area contributed by atoms with Crippen molar-refractivity contribution in [2.24, 2.45) is 5.73 Å². The molecule has 17 heavy (non-hydrogen) atoms. The van der Waals surface area contributed by atoms with Gasteiger partial charge in [-0.15, -0.1) is 0 Å². The van der Waals surface area contributed by atoms with Crippen LogP contribution in [0.15, 0.2) is 0 Å². The second-order valence-corrected chi connectivity index (χ2v) is 7.35. The van der Waals surface area contributed by atoms with Crippen molar-refractivity contribution < 1.29 is 8.42 Å². The van der Waals surface area contributed by atoms with Crippen molar-refractivity contribution in [1.82, 2.24) is 9.03 Å². The standard InChI is InChI=1S/C9H19N3O2S3/c1-3-11-17(13,14)12-6-4-9(16-2,5-7-12)8(10)15/h11H,3-7H2,1-2H3,(H2,10,15). The lowest BCUT2D eigenvalue weighted by Crippen LogP contribution is -2.52. The molecule has 0 spiro atoms. The van der Waals surface area contributed by atoms with Gasteiger partial charge < -0.3 is 5.73 Å². The van der Waals surface area contributed by atoms with E-state index in [-0.39, 0.29) is 4.75 Å². The van der Waals surface area contributed by atoms with Gasteiger partial charge in [0.1, 0.15) is 0 Å². The summed E-state index contributed by atoms with van der Waals surface area (Å²) in [7, 11) is -3.33. The van der Waals surface area contributed by atoms with E-state index in [0.717, 1.165) is 0 Å². The van der Waals surface area contributed by atoms with Crippen LogP contribution in [-0.2, 0) is 10.2 Å². The largest absolute Gasteiger partial charge is 0.392 e. The van der Waals surface area contributed by atoms with Gasteiger partial charge in [-0.3, -0.25) is 0 Å². The first kappa shape index (κ1) is 15.2. The lowest BCUT2D eigenvalue weighted by molar-refractivity contribution is 0.329. The summed E-state index contributed by atoms with van der Waals surface area (Å²) >= 11 is 6.70. The number of thioether (sulfide) groups is 1. The minimum atomic E-state index is -3.33. The fourth-order valence-electron chi connectivity index (χ4n) is 1.91. The first-order valence-electron chi connectivity index (χ1n) is 5.48. The van der Waals surface area contributed by atoms with E-state index >= 15 is 0 Å². The molecule has 0 bridgehead atoms. The van der Waals surface area contributed by atoms with Gasteiger partial charge in [-0.05, 0) is 19.1 Å². The summed E-state index contributed by atoms with van der Waals surface area (Å²) in [6.45, 7) is 3.10. The van der Waals surface area contributed by atoms with E-state index in [9.17, 15) is 8.42 Å². The Morgan fingerprint density at radius 1 is 1.53 bits per heavy atom. The zero-order valence-electron chi connectivity index (χ0n) is 10.1. The third-order valence-electron chi connectivity index (χ3n) is 3.04. The SMILES string of the molecule is CCNS(=O)(=O)N1CCC(SC)(C(N)=S)CC1. The average molecular weight is 297 g/mol. The molecule has 0 radical (unpaired) electrons. The van der Waals surface area contributed by atoms with Gasteiger partial charge in [0.25, 0.3) is 10.2 Å². The molecule has 1 aliphatic rings. The van der Waals surface area contributed by atoms with Crippen LogP contribution in [0, 0.1) is 0 Å². The van der Waals surface area contributed by atoms with E-state index in [1.54, 1.807) is 18.7 Å². The molecule has 0 amide bonds. The van der Waals surface area contributed by atoms with Crippen LogP contribution in [0.2, 0.25) is 0 Å². The van der Waals surface area contributed by atoms with Crippen LogP contribution in [0.3, 0.4) is 0 Å². The van der Waals surface area contributed by atoms with Gasteiger partial charge in [0.05, 0.1) is 9.74 Å². The molecule has 1 aliphatic heterocycles. The van der Waals surface area contributed by atoms with E-state index in [4.69, 9.17) is 18.0 Å². The molecule has 3 N–H and O–H groups in total. The lowest BCUT2D eigenvalue weighted by atomic mass is 9.97. The highest BCUT2D eigenvalue weighted by Crippen LogP contribution is 2.35. The van der Waals surface area contributed by atoms with Crippen molar-refractivity contribution in [2.45, 2.75) is 24.5 Å². The summed E-state index contributed by atoms with van der Waals surface area (Å²) in [6, 6.07) is 0. The number of thiocarbonyl (C=S) groups is 1. The Balaban J connectivity index is 2.71. The molecule has 1 heterocycles. The molecule has 1 fully saturated rings.